The van der Waals surface area contributed by atoms with E-state index in [2.05, 4.69) is 15.3 Å². The van der Waals surface area contributed by atoms with Crippen LogP contribution in [0, 0.1) is 0 Å². The molecule has 0 saturated heterocycles. The molecule has 1 amide bonds. The topological polar surface area (TPSA) is 54.9 Å². The molecule has 0 saturated carbocycles. The Hall–Kier alpha value is -2.72. The molecular formula is C17H12ClN3O. The highest BCUT2D eigenvalue weighted by atomic mass is 35.5. The number of anilines is 1. The standard InChI is InChI=1S/C17H12ClN3O/c18-15-5-1-3-12(9-15)13-6-7-16(20-11-13)21-17(22)14-4-2-8-19-10-14/h1-11H,(H,20,21,22). The van der Waals surface area contributed by atoms with Crippen molar-refractivity contribution in [3.05, 3.63) is 77.7 Å². The molecule has 1 N–H and O–H groups in total. The molecule has 0 atom stereocenters. The van der Waals surface area contributed by atoms with Gasteiger partial charge in [0.05, 0.1) is 5.56 Å². The van der Waals surface area contributed by atoms with Crippen molar-refractivity contribution in [3.8, 4) is 11.1 Å². The highest BCUT2D eigenvalue weighted by Crippen LogP contribution is 2.22. The van der Waals surface area contributed by atoms with Crippen LogP contribution in [0.5, 0.6) is 0 Å². The molecule has 0 fully saturated rings. The van der Waals surface area contributed by atoms with Crippen LogP contribution in [0.2, 0.25) is 5.02 Å². The lowest BCUT2D eigenvalue weighted by Crippen LogP contribution is -2.12. The van der Waals surface area contributed by atoms with E-state index in [0.29, 0.717) is 16.4 Å². The van der Waals surface area contributed by atoms with E-state index < -0.39 is 0 Å². The summed E-state index contributed by atoms with van der Waals surface area (Å²) in [5.41, 5.74) is 2.40. The van der Waals surface area contributed by atoms with E-state index in [1.54, 1.807) is 30.6 Å². The van der Waals surface area contributed by atoms with E-state index in [1.165, 1.54) is 6.20 Å². The van der Waals surface area contributed by atoms with Crippen LogP contribution in [0.25, 0.3) is 11.1 Å². The van der Waals surface area contributed by atoms with Crippen molar-refractivity contribution >= 4 is 23.3 Å². The van der Waals surface area contributed by atoms with Crippen molar-refractivity contribution in [2.24, 2.45) is 0 Å². The number of pyridine rings is 2. The van der Waals surface area contributed by atoms with Crippen molar-refractivity contribution in [1.29, 1.82) is 0 Å². The maximum Gasteiger partial charge on any atom is 0.258 e. The molecule has 0 aliphatic carbocycles. The second kappa shape index (κ2) is 6.37. The Morgan fingerprint density at radius 1 is 1.00 bits per heavy atom. The predicted molar refractivity (Wildman–Crippen MR) is 86.9 cm³/mol. The van der Waals surface area contributed by atoms with Gasteiger partial charge in [0.25, 0.3) is 5.91 Å². The third kappa shape index (κ3) is 3.30. The molecular weight excluding hydrogens is 298 g/mol. The maximum atomic E-state index is 12.0. The smallest absolute Gasteiger partial charge is 0.258 e. The Bertz CT molecular complexity index is 789. The summed E-state index contributed by atoms with van der Waals surface area (Å²) < 4.78 is 0. The SMILES string of the molecule is O=C(Nc1ccc(-c2cccc(Cl)c2)cn1)c1cccnc1. The largest absolute Gasteiger partial charge is 0.307 e. The van der Waals surface area contributed by atoms with Crippen molar-refractivity contribution in [2.45, 2.75) is 0 Å². The van der Waals surface area contributed by atoms with Gasteiger partial charge in [-0.15, -0.1) is 0 Å². The molecule has 0 spiro atoms. The Morgan fingerprint density at radius 2 is 1.91 bits per heavy atom. The van der Waals surface area contributed by atoms with Crippen LogP contribution in [-0.2, 0) is 0 Å². The fraction of sp³-hybridized carbons (Fsp3) is 0. The van der Waals surface area contributed by atoms with E-state index in [0.717, 1.165) is 11.1 Å². The average molecular weight is 310 g/mol. The number of carbonyl (C=O) groups is 1. The zero-order valence-electron chi connectivity index (χ0n) is 11.5. The highest BCUT2D eigenvalue weighted by Gasteiger charge is 2.07. The van der Waals surface area contributed by atoms with Gasteiger partial charge in [-0.05, 0) is 42.0 Å². The summed E-state index contributed by atoms with van der Waals surface area (Å²) in [5, 5.41) is 3.40. The summed E-state index contributed by atoms with van der Waals surface area (Å²) in [6, 6.07) is 14.6. The minimum Gasteiger partial charge on any atom is -0.307 e. The molecule has 22 heavy (non-hydrogen) atoms. The summed E-state index contributed by atoms with van der Waals surface area (Å²) in [6.07, 6.45) is 4.83. The third-order valence-corrected chi connectivity index (χ3v) is 3.32. The predicted octanol–water partition coefficient (Wildman–Crippen LogP) is 4.05. The van der Waals surface area contributed by atoms with E-state index >= 15 is 0 Å². The van der Waals surface area contributed by atoms with E-state index in [4.69, 9.17) is 11.6 Å². The average Bonchev–Trinajstić information content (AvgIpc) is 2.56. The zero-order valence-corrected chi connectivity index (χ0v) is 12.3. The molecule has 0 aliphatic heterocycles. The molecule has 0 unspecified atom stereocenters. The summed E-state index contributed by atoms with van der Waals surface area (Å²) in [5.74, 6) is 0.246. The van der Waals surface area contributed by atoms with E-state index in [9.17, 15) is 4.79 Å². The monoisotopic (exact) mass is 309 g/mol. The summed E-state index contributed by atoms with van der Waals surface area (Å²) in [7, 11) is 0. The number of nitrogens with zero attached hydrogens (tertiary/aromatic N) is 2. The van der Waals surface area contributed by atoms with Crippen molar-refractivity contribution < 1.29 is 4.79 Å². The fourth-order valence-corrected chi connectivity index (χ4v) is 2.18. The summed E-state index contributed by atoms with van der Waals surface area (Å²) in [4.78, 5) is 20.2. The summed E-state index contributed by atoms with van der Waals surface area (Å²) in [6.45, 7) is 0. The molecule has 5 heteroatoms. The molecule has 2 aromatic heterocycles. The van der Waals surface area contributed by atoms with Crippen LogP contribution < -0.4 is 5.32 Å². The van der Waals surface area contributed by atoms with Gasteiger partial charge in [0.1, 0.15) is 5.82 Å². The number of carbonyl (C=O) groups excluding carboxylic acids is 1. The molecule has 4 nitrogen and oxygen atoms in total. The number of amides is 1. The van der Waals surface area contributed by atoms with Gasteiger partial charge in [-0.1, -0.05) is 23.7 Å². The lowest BCUT2D eigenvalue weighted by molar-refractivity contribution is 0.102. The van der Waals surface area contributed by atoms with E-state index in [1.807, 2.05) is 30.3 Å². The summed E-state index contributed by atoms with van der Waals surface area (Å²) >= 11 is 5.98. The Labute approximate surface area is 132 Å². The number of rotatable bonds is 3. The third-order valence-electron chi connectivity index (χ3n) is 3.09. The van der Waals surface area contributed by atoms with Gasteiger partial charge in [0.15, 0.2) is 0 Å². The van der Waals surface area contributed by atoms with Crippen LogP contribution >= 0.6 is 11.6 Å². The van der Waals surface area contributed by atoms with Gasteiger partial charge in [0, 0.05) is 29.2 Å². The molecule has 1 aromatic carbocycles. The minimum absolute atomic E-state index is 0.240. The normalized spacial score (nSPS) is 10.2. The second-order valence-corrected chi connectivity index (χ2v) is 5.07. The lowest BCUT2D eigenvalue weighted by atomic mass is 10.1. The van der Waals surface area contributed by atoms with Crippen LogP contribution in [0.1, 0.15) is 10.4 Å². The number of benzene rings is 1. The van der Waals surface area contributed by atoms with E-state index in [-0.39, 0.29) is 5.91 Å². The van der Waals surface area contributed by atoms with Crippen molar-refractivity contribution in [2.75, 3.05) is 5.32 Å². The molecule has 0 aliphatic rings. The van der Waals surface area contributed by atoms with Gasteiger partial charge in [-0.2, -0.15) is 0 Å². The van der Waals surface area contributed by atoms with Crippen LogP contribution in [-0.4, -0.2) is 15.9 Å². The van der Waals surface area contributed by atoms with Crippen LogP contribution in [0.4, 0.5) is 5.82 Å². The lowest BCUT2D eigenvalue weighted by Gasteiger charge is -2.06. The number of hydrogen-bond acceptors (Lipinski definition) is 3. The number of halogens is 1. The van der Waals surface area contributed by atoms with Crippen molar-refractivity contribution in [3.63, 3.8) is 0 Å². The first kappa shape index (κ1) is 14.2. The van der Waals surface area contributed by atoms with Crippen LogP contribution in [0.15, 0.2) is 67.1 Å². The Balaban J connectivity index is 1.76. The van der Waals surface area contributed by atoms with Gasteiger partial charge in [-0.25, -0.2) is 4.98 Å². The Kier molecular flexibility index (Phi) is 4.12. The number of aromatic nitrogens is 2. The molecule has 0 bridgehead atoms. The first-order valence-electron chi connectivity index (χ1n) is 6.66. The molecule has 3 rings (SSSR count). The fourth-order valence-electron chi connectivity index (χ4n) is 1.99. The van der Waals surface area contributed by atoms with Gasteiger partial charge < -0.3 is 5.32 Å². The first-order chi connectivity index (χ1) is 10.7. The second-order valence-electron chi connectivity index (χ2n) is 4.64. The molecule has 2 heterocycles. The highest BCUT2D eigenvalue weighted by molar-refractivity contribution is 6.30. The van der Waals surface area contributed by atoms with Gasteiger partial charge in [-0.3, -0.25) is 9.78 Å². The number of nitrogens with one attached hydrogen (secondary N) is 1. The van der Waals surface area contributed by atoms with Gasteiger partial charge >= 0.3 is 0 Å². The zero-order chi connectivity index (χ0) is 15.4. The van der Waals surface area contributed by atoms with Gasteiger partial charge in [0.2, 0.25) is 0 Å². The van der Waals surface area contributed by atoms with Crippen molar-refractivity contribution in [1.82, 2.24) is 9.97 Å². The Morgan fingerprint density at radius 3 is 2.59 bits per heavy atom. The maximum absolute atomic E-state index is 12.0. The van der Waals surface area contributed by atoms with Crippen LogP contribution in [0.3, 0.4) is 0 Å². The quantitative estimate of drug-likeness (QED) is 0.794. The minimum atomic E-state index is -0.240. The first-order valence-corrected chi connectivity index (χ1v) is 7.03. The number of hydrogen-bond donors (Lipinski definition) is 1. The molecule has 0 radical (unpaired) electrons. The molecule has 3 aromatic rings. The molecule has 108 valence electrons.